The van der Waals surface area contributed by atoms with Crippen molar-refractivity contribution in [2.45, 2.75) is 0 Å². The summed E-state index contributed by atoms with van der Waals surface area (Å²) in [6, 6.07) is 64.4. The van der Waals surface area contributed by atoms with Gasteiger partial charge in [0.1, 0.15) is 25.1 Å². The first-order valence-corrected chi connectivity index (χ1v) is 18.9. The van der Waals surface area contributed by atoms with Gasteiger partial charge in [-0.05, 0) is 77.9 Å². The molecule has 0 saturated carbocycles. The van der Waals surface area contributed by atoms with Gasteiger partial charge in [-0.2, -0.15) is 0 Å². The molecule has 0 saturated heterocycles. The van der Waals surface area contributed by atoms with E-state index in [2.05, 4.69) is 97.1 Å². The van der Waals surface area contributed by atoms with Crippen LogP contribution in [0.4, 0.5) is 0 Å². The topological polar surface area (TPSA) is 68.3 Å². The van der Waals surface area contributed by atoms with Gasteiger partial charge in [-0.25, -0.2) is 0 Å². The molecule has 0 heterocycles. The van der Waals surface area contributed by atoms with Crippen molar-refractivity contribution >= 4 is 36.3 Å². The Morgan fingerprint density at radius 1 is 0.207 bits per heavy atom. The first-order valence-electron chi connectivity index (χ1n) is 18.9. The molecular weight excluding hydrogens is 713 g/mol. The lowest BCUT2D eigenvalue weighted by atomic mass is 9.84. The second-order valence-corrected chi connectivity index (χ2v) is 14.0. The summed E-state index contributed by atoms with van der Waals surface area (Å²) in [7, 11) is 0. The zero-order valence-electron chi connectivity index (χ0n) is 31.4. The molecule has 58 heavy (non-hydrogen) atoms. The first-order chi connectivity index (χ1) is 28.5. The molecule has 8 aromatic carbocycles. The van der Waals surface area contributed by atoms with E-state index in [4.69, 9.17) is 0 Å². The maximum absolute atomic E-state index is 11.3. The molecule has 0 N–H and O–H groups in total. The standard InChI is InChI=1S/C54H36O4/c55-33-37-1-9-41(10-2-37)45-17-25-49(26-18-45)53(50-27-19-46(20-28-50)42-11-3-38(34-56)4-12-42)54(51-29-21-47(22-30-51)43-13-5-39(35-57)6-14-43)52-31-23-48(24-32-52)44-15-7-40(36-58)8-16-44/h1-36H. The minimum absolute atomic E-state index is 0.631. The summed E-state index contributed by atoms with van der Waals surface area (Å²) in [5, 5.41) is 0. The van der Waals surface area contributed by atoms with Gasteiger partial charge in [0.15, 0.2) is 0 Å². The minimum atomic E-state index is 0.631. The largest absolute Gasteiger partial charge is 0.298 e. The molecule has 0 amide bonds. The van der Waals surface area contributed by atoms with Crippen LogP contribution >= 0.6 is 0 Å². The maximum Gasteiger partial charge on any atom is 0.150 e. The lowest BCUT2D eigenvalue weighted by molar-refractivity contribution is 0.111. The zero-order valence-corrected chi connectivity index (χ0v) is 31.4. The van der Waals surface area contributed by atoms with Crippen molar-refractivity contribution in [3.05, 3.63) is 239 Å². The van der Waals surface area contributed by atoms with Crippen molar-refractivity contribution in [3.8, 4) is 44.5 Å². The van der Waals surface area contributed by atoms with Crippen LogP contribution in [-0.2, 0) is 0 Å². The highest BCUT2D eigenvalue weighted by molar-refractivity contribution is 6.05. The van der Waals surface area contributed by atoms with Crippen molar-refractivity contribution in [1.29, 1.82) is 0 Å². The maximum atomic E-state index is 11.3. The normalized spacial score (nSPS) is 10.7. The zero-order chi connectivity index (χ0) is 39.8. The van der Waals surface area contributed by atoms with Gasteiger partial charge in [0, 0.05) is 22.3 Å². The summed E-state index contributed by atoms with van der Waals surface area (Å²) in [5.74, 6) is 0. The minimum Gasteiger partial charge on any atom is -0.298 e. The van der Waals surface area contributed by atoms with Crippen LogP contribution in [0.3, 0.4) is 0 Å². The lowest BCUT2D eigenvalue weighted by Gasteiger charge is -2.20. The van der Waals surface area contributed by atoms with E-state index in [1.165, 1.54) is 0 Å². The summed E-state index contributed by atoms with van der Waals surface area (Å²) in [4.78, 5) is 45.3. The molecule has 4 heteroatoms. The van der Waals surface area contributed by atoms with Crippen LogP contribution in [0.25, 0.3) is 55.7 Å². The van der Waals surface area contributed by atoms with Crippen molar-refractivity contribution < 1.29 is 19.2 Å². The first kappa shape index (κ1) is 37.1. The summed E-state index contributed by atoms with van der Waals surface area (Å²) in [6.45, 7) is 0. The van der Waals surface area contributed by atoms with E-state index in [0.29, 0.717) is 22.3 Å². The van der Waals surface area contributed by atoms with Gasteiger partial charge in [0.2, 0.25) is 0 Å². The van der Waals surface area contributed by atoms with Crippen LogP contribution in [0, 0.1) is 0 Å². The Morgan fingerprint density at radius 2 is 0.345 bits per heavy atom. The molecule has 0 aliphatic rings. The van der Waals surface area contributed by atoms with Crippen molar-refractivity contribution in [2.24, 2.45) is 0 Å². The molecule has 0 atom stereocenters. The van der Waals surface area contributed by atoms with Crippen LogP contribution in [-0.4, -0.2) is 25.1 Å². The molecule has 0 bridgehead atoms. The molecule has 0 aliphatic heterocycles. The third-order valence-corrected chi connectivity index (χ3v) is 10.5. The van der Waals surface area contributed by atoms with Crippen LogP contribution in [0.1, 0.15) is 63.7 Å². The summed E-state index contributed by atoms with van der Waals surface area (Å²) >= 11 is 0. The highest BCUT2D eigenvalue weighted by Crippen LogP contribution is 2.39. The summed E-state index contributed by atoms with van der Waals surface area (Å²) in [6.07, 6.45) is 3.40. The highest BCUT2D eigenvalue weighted by atomic mass is 16.1. The average Bonchev–Trinajstić information content (AvgIpc) is 3.31. The van der Waals surface area contributed by atoms with E-state index in [9.17, 15) is 19.2 Å². The van der Waals surface area contributed by atoms with Crippen molar-refractivity contribution in [2.75, 3.05) is 0 Å². The number of aldehydes is 4. The molecule has 8 aromatic rings. The molecule has 0 aliphatic carbocycles. The Kier molecular flexibility index (Phi) is 10.8. The molecule has 0 unspecified atom stereocenters. The van der Waals surface area contributed by atoms with E-state index in [0.717, 1.165) is 103 Å². The van der Waals surface area contributed by atoms with E-state index >= 15 is 0 Å². The molecule has 0 aromatic heterocycles. The number of hydrogen-bond acceptors (Lipinski definition) is 4. The Balaban J connectivity index is 1.30. The summed E-state index contributed by atoms with van der Waals surface area (Å²) in [5.41, 5.74) is 16.9. The van der Waals surface area contributed by atoms with Gasteiger partial charge in [0.05, 0.1) is 0 Å². The smallest absolute Gasteiger partial charge is 0.150 e. The summed E-state index contributed by atoms with van der Waals surface area (Å²) < 4.78 is 0. The number of carbonyl (C=O) groups excluding carboxylic acids is 4. The van der Waals surface area contributed by atoms with E-state index < -0.39 is 0 Å². The molecule has 4 nitrogen and oxygen atoms in total. The van der Waals surface area contributed by atoms with E-state index in [1.807, 2.05) is 97.1 Å². The Bertz CT molecular complexity index is 2350. The number of carbonyl (C=O) groups is 4. The highest BCUT2D eigenvalue weighted by Gasteiger charge is 2.18. The molecule has 8 rings (SSSR count). The third-order valence-electron chi connectivity index (χ3n) is 10.5. The van der Waals surface area contributed by atoms with E-state index in [-0.39, 0.29) is 0 Å². The SMILES string of the molecule is O=Cc1ccc(-c2ccc(C(=C(c3ccc(-c4ccc(C=O)cc4)cc3)c3ccc(-c4ccc(C=O)cc4)cc3)c3ccc(-c4ccc(C=O)cc4)cc3)cc2)cc1. The quantitative estimate of drug-likeness (QED) is 0.0921. The van der Waals surface area contributed by atoms with E-state index in [1.54, 1.807) is 0 Å². The van der Waals surface area contributed by atoms with Crippen LogP contribution in [0.5, 0.6) is 0 Å². The van der Waals surface area contributed by atoms with Crippen molar-refractivity contribution in [3.63, 3.8) is 0 Å². The number of hydrogen-bond donors (Lipinski definition) is 0. The number of benzene rings is 8. The number of rotatable bonds is 12. The predicted molar refractivity (Wildman–Crippen MR) is 234 cm³/mol. The second kappa shape index (κ2) is 16.9. The fourth-order valence-electron chi connectivity index (χ4n) is 7.24. The van der Waals surface area contributed by atoms with Gasteiger partial charge >= 0.3 is 0 Å². The monoisotopic (exact) mass is 748 g/mol. The predicted octanol–water partition coefficient (Wildman–Crippen LogP) is 12.6. The second-order valence-electron chi connectivity index (χ2n) is 14.0. The molecule has 0 radical (unpaired) electrons. The lowest BCUT2D eigenvalue weighted by Crippen LogP contribution is -1.98. The average molecular weight is 749 g/mol. The van der Waals surface area contributed by atoms with Crippen LogP contribution < -0.4 is 0 Å². The fourth-order valence-corrected chi connectivity index (χ4v) is 7.24. The Morgan fingerprint density at radius 3 is 0.483 bits per heavy atom. The van der Waals surface area contributed by atoms with Gasteiger partial charge < -0.3 is 0 Å². The third kappa shape index (κ3) is 7.95. The molecule has 276 valence electrons. The Labute approximate surface area is 337 Å². The van der Waals surface area contributed by atoms with Gasteiger partial charge in [-0.3, -0.25) is 19.2 Å². The molecule has 0 spiro atoms. The van der Waals surface area contributed by atoms with Crippen molar-refractivity contribution in [1.82, 2.24) is 0 Å². The van der Waals surface area contributed by atoms with Gasteiger partial charge in [-0.15, -0.1) is 0 Å². The van der Waals surface area contributed by atoms with Gasteiger partial charge in [0.25, 0.3) is 0 Å². The van der Waals surface area contributed by atoms with Gasteiger partial charge in [-0.1, -0.05) is 194 Å². The fraction of sp³-hybridized carbons (Fsp3) is 0. The molecule has 0 fully saturated rings. The van der Waals surface area contributed by atoms with Crippen LogP contribution in [0.2, 0.25) is 0 Å². The molecular formula is C54H36O4. The van der Waals surface area contributed by atoms with Crippen LogP contribution in [0.15, 0.2) is 194 Å². The Hall–Kier alpha value is -7.82.